The Labute approximate surface area is 160 Å². The summed E-state index contributed by atoms with van der Waals surface area (Å²) >= 11 is 0. The van der Waals surface area contributed by atoms with Crippen LogP contribution in [-0.4, -0.2) is 59.0 Å². The number of β-amino-alcohol motifs (C(OH)–C–C–N with tert-alkyl or cyclic N) is 1. The van der Waals surface area contributed by atoms with Gasteiger partial charge >= 0.3 is 0 Å². The molecule has 0 spiro atoms. The monoisotopic (exact) mass is 366 g/mol. The van der Waals surface area contributed by atoms with Crippen molar-refractivity contribution in [3.63, 3.8) is 0 Å². The molecule has 1 aliphatic rings. The number of hydrogen-bond acceptors (Lipinski definition) is 3. The average Bonchev–Trinajstić information content (AvgIpc) is 2.85. The molecule has 2 aromatic carbocycles. The van der Waals surface area contributed by atoms with E-state index in [1.54, 1.807) is 9.80 Å². The van der Waals surface area contributed by atoms with Gasteiger partial charge in [-0.1, -0.05) is 48.0 Å². The van der Waals surface area contributed by atoms with E-state index in [-0.39, 0.29) is 24.9 Å². The van der Waals surface area contributed by atoms with Crippen molar-refractivity contribution >= 4 is 11.8 Å². The highest BCUT2D eigenvalue weighted by Gasteiger charge is 2.27. The first-order valence-corrected chi connectivity index (χ1v) is 9.30. The van der Waals surface area contributed by atoms with Crippen LogP contribution in [0.25, 0.3) is 0 Å². The standard InChI is InChI=1S/C22H26N2O3/c1-16-7-9-18(10-8-16)13-19-5-3-4-6-21(19)22(27)24-12-11-23(17(2)25)14-20(26)15-24/h3-10,20,26H,11-15H2,1-2H3. The summed E-state index contributed by atoms with van der Waals surface area (Å²) in [7, 11) is 0. The van der Waals surface area contributed by atoms with Crippen molar-refractivity contribution in [1.82, 2.24) is 9.80 Å². The Morgan fingerprint density at radius 3 is 2.33 bits per heavy atom. The second kappa shape index (κ2) is 8.35. The molecule has 27 heavy (non-hydrogen) atoms. The lowest BCUT2D eigenvalue weighted by atomic mass is 9.98. The number of carbonyl (C=O) groups excluding carboxylic acids is 2. The quantitative estimate of drug-likeness (QED) is 0.906. The van der Waals surface area contributed by atoms with Gasteiger partial charge in [0.05, 0.1) is 6.10 Å². The predicted octanol–water partition coefficient (Wildman–Crippen LogP) is 2.25. The SMILES string of the molecule is CC(=O)N1CCN(C(=O)c2ccccc2Cc2ccc(C)cc2)CC(O)C1. The number of rotatable bonds is 3. The summed E-state index contributed by atoms with van der Waals surface area (Å²) < 4.78 is 0. The lowest BCUT2D eigenvalue weighted by molar-refractivity contribution is -0.129. The molecule has 0 saturated carbocycles. The normalized spacial score (nSPS) is 17.5. The molecule has 0 aromatic heterocycles. The molecule has 1 saturated heterocycles. The molecule has 1 fully saturated rings. The van der Waals surface area contributed by atoms with Crippen LogP contribution in [0.5, 0.6) is 0 Å². The average molecular weight is 366 g/mol. The molecule has 1 atom stereocenters. The van der Waals surface area contributed by atoms with Gasteiger partial charge in [0, 0.05) is 38.7 Å². The van der Waals surface area contributed by atoms with Crippen LogP contribution in [0.3, 0.4) is 0 Å². The van der Waals surface area contributed by atoms with E-state index in [0.717, 1.165) is 11.1 Å². The molecule has 0 bridgehead atoms. The first kappa shape index (κ1) is 19.1. The minimum absolute atomic E-state index is 0.0804. The van der Waals surface area contributed by atoms with E-state index in [1.165, 1.54) is 12.5 Å². The van der Waals surface area contributed by atoms with Gasteiger partial charge in [0.25, 0.3) is 5.91 Å². The number of aliphatic hydroxyl groups is 1. The molecule has 1 unspecified atom stereocenters. The van der Waals surface area contributed by atoms with Crippen LogP contribution in [0.15, 0.2) is 48.5 Å². The Kier molecular flexibility index (Phi) is 5.91. The minimum atomic E-state index is -0.732. The van der Waals surface area contributed by atoms with E-state index in [1.807, 2.05) is 24.3 Å². The summed E-state index contributed by atoms with van der Waals surface area (Å²) in [6.07, 6.45) is -0.0531. The first-order chi connectivity index (χ1) is 12.9. The van der Waals surface area contributed by atoms with Crippen molar-refractivity contribution in [1.29, 1.82) is 0 Å². The zero-order valence-corrected chi connectivity index (χ0v) is 15.9. The predicted molar refractivity (Wildman–Crippen MR) is 105 cm³/mol. The third-order valence-corrected chi connectivity index (χ3v) is 5.00. The van der Waals surface area contributed by atoms with Crippen LogP contribution in [-0.2, 0) is 11.2 Å². The summed E-state index contributed by atoms with van der Waals surface area (Å²) in [4.78, 5) is 28.0. The maximum atomic E-state index is 13.2. The van der Waals surface area contributed by atoms with Crippen LogP contribution in [0.1, 0.15) is 34.0 Å². The Morgan fingerprint density at radius 2 is 1.63 bits per heavy atom. The molecule has 1 N–H and O–H groups in total. The molecule has 142 valence electrons. The molecular weight excluding hydrogens is 340 g/mol. The van der Waals surface area contributed by atoms with E-state index in [9.17, 15) is 14.7 Å². The van der Waals surface area contributed by atoms with Gasteiger partial charge in [0.1, 0.15) is 0 Å². The van der Waals surface area contributed by atoms with Crippen LogP contribution in [0, 0.1) is 6.92 Å². The maximum absolute atomic E-state index is 13.2. The van der Waals surface area contributed by atoms with E-state index in [0.29, 0.717) is 25.1 Å². The fraction of sp³-hybridized carbons (Fsp3) is 0.364. The molecule has 1 heterocycles. The number of aliphatic hydroxyl groups excluding tert-OH is 1. The van der Waals surface area contributed by atoms with Crippen LogP contribution >= 0.6 is 0 Å². The van der Waals surface area contributed by atoms with Gasteiger partial charge in [-0.3, -0.25) is 9.59 Å². The second-order valence-electron chi connectivity index (χ2n) is 7.19. The van der Waals surface area contributed by atoms with Gasteiger partial charge < -0.3 is 14.9 Å². The zero-order valence-electron chi connectivity index (χ0n) is 15.9. The summed E-state index contributed by atoms with van der Waals surface area (Å²) in [5.41, 5.74) is 3.98. The smallest absolute Gasteiger partial charge is 0.254 e. The summed E-state index contributed by atoms with van der Waals surface area (Å²) in [6.45, 7) is 4.91. The van der Waals surface area contributed by atoms with Crippen molar-refractivity contribution in [2.45, 2.75) is 26.4 Å². The van der Waals surface area contributed by atoms with Gasteiger partial charge in [-0.25, -0.2) is 0 Å². The van der Waals surface area contributed by atoms with Crippen molar-refractivity contribution in [3.05, 3.63) is 70.8 Å². The number of carbonyl (C=O) groups is 2. The molecule has 0 aliphatic carbocycles. The van der Waals surface area contributed by atoms with Crippen molar-refractivity contribution in [2.75, 3.05) is 26.2 Å². The lowest BCUT2D eigenvalue weighted by Gasteiger charge is -2.23. The summed E-state index contributed by atoms with van der Waals surface area (Å²) in [5, 5.41) is 10.2. The van der Waals surface area contributed by atoms with Crippen LogP contribution in [0.4, 0.5) is 0 Å². The fourth-order valence-corrected chi connectivity index (χ4v) is 3.44. The topological polar surface area (TPSA) is 60.9 Å². The van der Waals surface area contributed by atoms with Gasteiger partial charge in [-0.05, 0) is 30.5 Å². The number of amides is 2. The number of nitrogens with zero attached hydrogens (tertiary/aromatic N) is 2. The van der Waals surface area contributed by atoms with Gasteiger partial charge in [-0.15, -0.1) is 0 Å². The van der Waals surface area contributed by atoms with E-state index < -0.39 is 6.10 Å². The van der Waals surface area contributed by atoms with Crippen molar-refractivity contribution < 1.29 is 14.7 Å². The molecule has 0 radical (unpaired) electrons. The third kappa shape index (κ3) is 4.74. The molecular formula is C22H26N2O3. The minimum Gasteiger partial charge on any atom is -0.389 e. The molecule has 2 aromatic rings. The highest BCUT2D eigenvalue weighted by Crippen LogP contribution is 2.18. The van der Waals surface area contributed by atoms with E-state index in [2.05, 4.69) is 31.2 Å². The van der Waals surface area contributed by atoms with Crippen molar-refractivity contribution in [3.8, 4) is 0 Å². The highest BCUT2D eigenvalue weighted by atomic mass is 16.3. The largest absolute Gasteiger partial charge is 0.389 e. The molecule has 5 heteroatoms. The van der Waals surface area contributed by atoms with Gasteiger partial charge in [0.15, 0.2) is 0 Å². The summed E-state index contributed by atoms with van der Waals surface area (Å²) in [6, 6.07) is 15.9. The Hall–Kier alpha value is -2.66. The van der Waals surface area contributed by atoms with Crippen molar-refractivity contribution in [2.24, 2.45) is 0 Å². The first-order valence-electron chi connectivity index (χ1n) is 9.30. The molecule has 5 nitrogen and oxygen atoms in total. The number of benzene rings is 2. The second-order valence-corrected chi connectivity index (χ2v) is 7.19. The Morgan fingerprint density at radius 1 is 1.00 bits per heavy atom. The lowest BCUT2D eigenvalue weighted by Crippen LogP contribution is -2.38. The molecule has 3 rings (SSSR count). The van der Waals surface area contributed by atoms with Crippen LogP contribution < -0.4 is 0 Å². The van der Waals surface area contributed by atoms with Gasteiger partial charge in [0.2, 0.25) is 5.91 Å². The molecule has 2 amide bonds. The third-order valence-electron chi connectivity index (χ3n) is 5.00. The van der Waals surface area contributed by atoms with Crippen LogP contribution in [0.2, 0.25) is 0 Å². The highest BCUT2D eigenvalue weighted by molar-refractivity contribution is 5.96. The van der Waals surface area contributed by atoms with Gasteiger partial charge in [-0.2, -0.15) is 0 Å². The van der Waals surface area contributed by atoms with E-state index >= 15 is 0 Å². The maximum Gasteiger partial charge on any atom is 0.254 e. The fourth-order valence-electron chi connectivity index (χ4n) is 3.44. The zero-order chi connectivity index (χ0) is 19.4. The number of hydrogen-bond donors (Lipinski definition) is 1. The number of aryl methyl sites for hydroxylation is 1. The summed E-state index contributed by atoms with van der Waals surface area (Å²) in [5.74, 6) is -0.176. The Balaban J connectivity index is 1.80. The van der Waals surface area contributed by atoms with E-state index in [4.69, 9.17) is 0 Å². The molecule has 1 aliphatic heterocycles. The Bertz CT molecular complexity index is 817.